The lowest BCUT2D eigenvalue weighted by atomic mass is 10.1. The molecular weight excluding hydrogens is 242 g/mol. The molecule has 1 aromatic carbocycles. The van der Waals surface area contributed by atoms with Crippen LogP contribution in [0.3, 0.4) is 0 Å². The lowest BCUT2D eigenvalue weighted by molar-refractivity contribution is -0.137. The van der Waals surface area contributed by atoms with Crippen LogP contribution in [0, 0.1) is 0 Å². The van der Waals surface area contributed by atoms with Gasteiger partial charge in [-0.15, -0.1) is 0 Å². The van der Waals surface area contributed by atoms with E-state index in [1.165, 1.54) is 0 Å². The standard InChI is InChI=1S/C11H12ClN3O2/c1-2-9(14-15-11(17)10(13)16)7-3-5-8(12)6-4-7/h3-6H,2H2,1H3,(H2,13,16)(H,15,17)/b14-9-. The van der Waals surface area contributed by atoms with Crippen LogP contribution in [0.5, 0.6) is 0 Å². The van der Waals surface area contributed by atoms with Crippen molar-refractivity contribution in [1.82, 2.24) is 5.43 Å². The van der Waals surface area contributed by atoms with Gasteiger partial charge in [0, 0.05) is 5.02 Å². The number of benzene rings is 1. The number of primary amides is 1. The van der Waals surface area contributed by atoms with Gasteiger partial charge in [0.1, 0.15) is 0 Å². The molecule has 0 saturated carbocycles. The molecule has 17 heavy (non-hydrogen) atoms. The summed E-state index contributed by atoms with van der Waals surface area (Å²) in [6, 6.07) is 7.00. The van der Waals surface area contributed by atoms with E-state index in [-0.39, 0.29) is 0 Å². The highest BCUT2D eigenvalue weighted by Crippen LogP contribution is 2.11. The lowest BCUT2D eigenvalue weighted by Crippen LogP contribution is -2.33. The summed E-state index contributed by atoms with van der Waals surface area (Å²) in [7, 11) is 0. The second kappa shape index (κ2) is 6.00. The number of amides is 2. The van der Waals surface area contributed by atoms with Crippen LogP contribution in [-0.4, -0.2) is 17.5 Å². The number of nitrogens with two attached hydrogens (primary N) is 1. The summed E-state index contributed by atoms with van der Waals surface area (Å²) in [5.41, 5.74) is 8.33. The molecule has 1 aromatic rings. The van der Waals surface area contributed by atoms with E-state index in [1.807, 2.05) is 6.92 Å². The smallest absolute Gasteiger partial charge is 0.329 e. The van der Waals surface area contributed by atoms with Crippen molar-refractivity contribution in [3.8, 4) is 0 Å². The summed E-state index contributed by atoms with van der Waals surface area (Å²) in [4.78, 5) is 21.4. The average molecular weight is 254 g/mol. The first-order valence-corrected chi connectivity index (χ1v) is 5.34. The first-order chi connectivity index (χ1) is 8.04. The van der Waals surface area contributed by atoms with Crippen molar-refractivity contribution in [3.63, 3.8) is 0 Å². The fourth-order valence-corrected chi connectivity index (χ4v) is 1.29. The summed E-state index contributed by atoms with van der Waals surface area (Å²) in [6.07, 6.45) is 0.598. The predicted octanol–water partition coefficient (Wildman–Crippen LogP) is 1.06. The zero-order valence-corrected chi connectivity index (χ0v) is 9.99. The third-order valence-electron chi connectivity index (χ3n) is 2.03. The van der Waals surface area contributed by atoms with Gasteiger partial charge in [0.25, 0.3) is 0 Å². The molecule has 0 unspecified atom stereocenters. The molecule has 90 valence electrons. The van der Waals surface area contributed by atoms with Gasteiger partial charge in [0.2, 0.25) is 0 Å². The molecule has 0 heterocycles. The highest BCUT2D eigenvalue weighted by Gasteiger charge is 2.08. The van der Waals surface area contributed by atoms with Crippen LogP contribution in [0.2, 0.25) is 5.02 Å². The zero-order chi connectivity index (χ0) is 12.8. The average Bonchev–Trinajstić information content (AvgIpc) is 2.31. The van der Waals surface area contributed by atoms with Crippen LogP contribution in [-0.2, 0) is 9.59 Å². The normalized spacial score (nSPS) is 11.1. The number of hydrazone groups is 1. The molecule has 0 spiro atoms. The molecule has 1 rings (SSSR count). The molecule has 0 aromatic heterocycles. The van der Waals surface area contributed by atoms with Gasteiger partial charge in [0.05, 0.1) is 5.71 Å². The van der Waals surface area contributed by atoms with E-state index in [9.17, 15) is 9.59 Å². The van der Waals surface area contributed by atoms with Gasteiger partial charge in [-0.05, 0) is 24.1 Å². The Morgan fingerprint density at radius 1 is 1.35 bits per heavy atom. The van der Waals surface area contributed by atoms with Gasteiger partial charge in [-0.1, -0.05) is 30.7 Å². The SMILES string of the molecule is CC/C(=N/NC(=O)C(N)=O)c1ccc(Cl)cc1. The van der Waals surface area contributed by atoms with E-state index in [4.69, 9.17) is 17.3 Å². The maximum atomic E-state index is 10.9. The third-order valence-corrected chi connectivity index (χ3v) is 2.28. The number of hydrogen-bond donors (Lipinski definition) is 2. The molecule has 0 aliphatic heterocycles. The largest absolute Gasteiger partial charge is 0.361 e. The third kappa shape index (κ3) is 3.88. The van der Waals surface area contributed by atoms with E-state index in [1.54, 1.807) is 24.3 Å². The van der Waals surface area contributed by atoms with Crippen LogP contribution >= 0.6 is 11.6 Å². The van der Waals surface area contributed by atoms with E-state index in [0.29, 0.717) is 17.2 Å². The highest BCUT2D eigenvalue weighted by molar-refractivity contribution is 6.34. The Morgan fingerprint density at radius 2 is 1.94 bits per heavy atom. The number of halogens is 1. The summed E-state index contributed by atoms with van der Waals surface area (Å²) in [5.74, 6) is -2.01. The Bertz CT molecular complexity index is 454. The zero-order valence-electron chi connectivity index (χ0n) is 9.24. The van der Waals surface area contributed by atoms with Gasteiger partial charge < -0.3 is 5.73 Å². The molecule has 3 N–H and O–H groups in total. The minimum absolute atomic E-state index is 0.598. The highest BCUT2D eigenvalue weighted by atomic mass is 35.5. The minimum Gasteiger partial charge on any atom is -0.361 e. The van der Waals surface area contributed by atoms with Crippen LogP contribution in [0.15, 0.2) is 29.4 Å². The first kappa shape index (κ1) is 13.2. The maximum Gasteiger partial charge on any atom is 0.329 e. The first-order valence-electron chi connectivity index (χ1n) is 4.97. The van der Waals surface area contributed by atoms with Gasteiger partial charge in [-0.25, -0.2) is 5.43 Å². The van der Waals surface area contributed by atoms with Crippen molar-refractivity contribution in [3.05, 3.63) is 34.9 Å². The molecular formula is C11H12ClN3O2. The topological polar surface area (TPSA) is 84.6 Å². The fourth-order valence-electron chi connectivity index (χ4n) is 1.16. The second-order valence-electron chi connectivity index (χ2n) is 3.22. The number of carbonyl (C=O) groups is 2. The van der Waals surface area contributed by atoms with Crippen LogP contribution in [0.4, 0.5) is 0 Å². The number of nitrogens with zero attached hydrogens (tertiary/aromatic N) is 1. The molecule has 0 saturated heterocycles. The van der Waals surface area contributed by atoms with Crippen LogP contribution in [0.25, 0.3) is 0 Å². The molecule has 0 atom stereocenters. The van der Waals surface area contributed by atoms with E-state index < -0.39 is 11.8 Å². The lowest BCUT2D eigenvalue weighted by Gasteiger charge is -2.04. The fraction of sp³-hybridized carbons (Fsp3) is 0.182. The summed E-state index contributed by atoms with van der Waals surface area (Å²) in [5, 5.41) is 4.45. The van der Waals surface area contributed by atoms with Gasteiger partial charge in [0.15, 0.2) is 0 Å². The second-order valence-corrected chi connectivity index (χ2v) is 3.66. The number of nitrogens with one attached hydrogen (secondary N) is 1. The molecule has 6 heteroatoms. The van der Waals surface area contributed by atoms with E-state index in [0.717, 1.165) is 5.56 Å². The molecule has 0 aliphatic rings. The molecule has 0 fully saturated rings. The summed E-state index contributed by atoms with van der Waals surface area (Å²) < 4.78 is 0. The quantitative estimate of drug-likeness (QED) is 0.479. The number of hydrogen-bond acceptors (Lipinski definition) is 3. The van der Waals surface area contributed by atoms with Gasteiger partial charge in [-0.3, -0.25) is 9.59 Å². The Hall–Kier alpha value is -1.88. The van der Waals surface area contributed by atoms with E-state index >= 15 is 0 Å². The Labute approximate surface area is 104 Å². The van der Waals surface area contributed by atoms with Crippen molar-refractivity contribution in [2.45, 2.75) is 13.3 Å². The van der Waals surface area contributed by atoms with Crippen LogP contribution < -0.4 is 11.2 Å². The van der Waals surface area contributed by atoms with Crippen molar-refractivity contribution in [1.29, 1.82) is 0 Å². The van der Waals surface area contributed by atoms with Crippen molar-refractivity contribution >= 4 is 29.1 Å². The predicted molar refractivity (Wildman–Crippen MR) is 65.6 cm³/mol. The minimum atomic E-state index is -1.07. The van der Waals surface area contributed by atoms with Crippen LogP contribution in [0.1, 0.15) is 18.9 Å². The molecule has 0 radical (unpaired) electrons. The van der Waals surface area contributed by atoms with E-state index in [2.05, 4.69) is 10.5 Å². The summed E-state index contributed by atoms with van der Waals surface area (Å²) >= 11 is 5.76. The Morgan fingerprint density at radius 3 is 2.41 bits per heavy atom. The van der Waals surface area contributed by atoms with Crippen molar-refractivity contribution in [2.75, 3.05) is 0 Å². The molecule has 5 nitrogen and oxygen atoms in total. The van der Waals surface area contributed by atoms with Crippen molar-refractivity contribution in [2.24, 2.45) is 10.8 Å². The monoisotopic (exact) mass is 253 g/mol. The van der Waals surface area contributed by atoms with Gasteiger partial charge in [-0.2, -0.15) is 5.10 Å². The molecule has 0 aliphatic carbocycles. The number of carbonyl (C=O) groups excluding carboxylic acids is 2. The Balaban J connectivity index is 2.84. The maximum absolute atomic E-state index is 10.9. The molecule has 0 bridgehead atoms. The summed E-state index contributed by atoms with van der Waals surface area (Å²) in [6.45, 7) is 1.88. The molecule has 2 amide bonds. The Kier molecular flexibility index (Phi) is 4.66. The number of rotatable bonds is 3. The van der Waals surface area contributed by atoms with Crippen molar-refractivity contribution < 1.29 is 9.59 Å². The van der Waals surface area contributed by atoms with Gasteiger partial charge >= 0.3 is 11.8 Å².